The van der Waals surface area contributed by atoms with Gasteiger partial charge in [0.05, 0.1) is 6.61 Å². The van der Waals surface area contributed by atoms with Crippen LogP contribution in [0.1, 0.15) is 48.2 Å². The summed E-state index contributed by atoms with van der Waals surface area (Å²) in [6.07, 6.45) is 0.809. The highest BCUT2D eigenvalue weighted by Gasteiger charge is 2.17. The van der Waals surface area contributed by atoms with Gasteiger partial charge in [-0.15, -0.1) is 11.8 Å². The van der Waals surface area contributed by atoms with Gasteiger partial charge in [-0.25, -0.2) is 0 Å². The molecule has 19 heavy (non-hydrogen) atoms. The van der Waals surface area contributed by atoms with E-state index in [1.54, 1.807) is 18.9 Å². The van der Waals surface area contributed by atoms with E-state index < -0.39 is 0 Å². The number of carbonyl (C=O) groups excluding carboxylic acids is 1. The molecule has 0 aliphatic heterocycles. The Bertz CT molecular complexity index is 444. The molecule has 0 spiro atoms. The molecule has 0 heterocycles. The van der Waals surface area contributed by atoms with Gasteiger partial charge in [-0.2, -0.15) is 0 Å². The third-order valence-corrected chi connectivity index (χ3v) is 4.36. The Balaban J connectivity index is 3.24. The zero-order chi connectivity index (χ0) is 14.4. The minimum Gasteiger partial charge on any atom is -0.384 e. The van der Waals surface area contributed by atoms with Crippen LogP contribution in [0, 0.1) is 0 Å². The number of ether oxygens (including phenoxy) is 1. The lowest BCUT2D eigenvalue weighted by molar-refractivity contribution is 0.108. The van der Waals surface area contributed by atoms with E-state index in [0.29, 0.717) is 18.1 Å². The SMILES string of the molecule is CCc1c(C(=O)Cl)ccc(C(C)C)c1SCCOC. The summed E-state index contributed by atoms with van der Waals surface area (Å²) in [5.74, 6) is 1.30. The number of benzene rings is 1. The summed E-state index contributed by atoms with van der Waals surface area (Å²) >= 11 is 7.43. The van der Waals surface area contributed by atoms with Crippen LogP contribution in [-0.4, -0.2) is 24.7 Å². The van der Waals surface area contributed by atoms with Crippen LogP contribution in [0.2, 0.25) is 0 Å². The standard InChI is InChI=1S/C15H21ClO2S/c1-5-11-13(15(16)17)7-6-12(10(2)3)14(11)19-9-8-18-4/h6-7,10H,5,8-9H2,1-4H3. The van der Waals surface area contributed by atoms with Crippen LogP contribution in [0.15, 0.2) is 17.0 Å². The minimum absolute atomic E-state index is 0.374. The molecule has 106 valence electrons. The summed E-state index contributed by atoms with van der Waals surface area (Å²) in [6.45, 7) is 7.09. The molecule has 2 nitrogen and oxygen atoms in total. The predicted octanol–water partition coefficient (Wildman–Crippen LogP) is 4.49. The van der Waals surface area contributed by atoms with Crippen molar-refractivity contribution >= 4 is 28.6 Å². The first-order valence-electron chi connectivity index (χ1n) is 6.50. The third kappa shape index (κ3) is 4.23. The maximum absolute atomic E-state index is 11.5. The van der Waals surface area contributed by atoms with Crippen molar-refractivity contribution in [1.82, 2.24) is 0 Å². The quantitative estimate of drug-likeness (QED) is 0.421. The molecule has 0 amide bonds. The second-order valence-corrected chi connectivity index (χ2v) is 6.08. The van der Waals surface area contributed by atoms with E-state index in [1.807, 2.05) is 12.1 Å². The van der Waals surface area contributed by atoms with E-state index in [-0.39, 0.29) is 5.24 Å². The summed E-state index contributed by atoms with van der Waals surface area (Å²) in [7, 11) is 1.70. The number of hydrogen-bond acceptors (Lipinski definition) is 3. The monoisotopic (exact) mass is 300 g/mol. The molecule has 0 atom stereocenters. The van der Waals surface area contributed by atoms with Gasteiger partial charge in [-0.05, 0) is 41.1 Å². The van der Waals surface area contributed by atoms with Gasteiger partial charge in [-0.3, -0.25) is 4.79 Å². The number of halogens is 1. The molecular weight excluding hydrogens is 280 g/mol. The molecule has 1 rings (SSSR count). The van der Waals surface area contributed by atoms with Crippen LogP contribution in [0.4, 0.5) is 0 Å². The molecule has 0 unspecified atom stereocenters. The molecule has 0 saturated heterocycles. The Morgan fingerprint density at radius 2 is 2.11 bits per heavy atom. The zero-order valence-electron chi connectivity index (χ0n) is 12.0. The average Bonchev–Trinajstić information content (AvgIpc) is 2.37. The highest BCUT2D eigenvalue weighted by molar-refractivity contribution is 7.99. The van der Waals surface area contributed by atoms with Crippen LogP contribution >= 0.6 is 23.4 Å². The molecule has 0 aliphatic carbocycles. The van der Waals surface area contributed by atoms with Crippen molar-refractivity contribution in [2.45, 2.75) is 38.0 Å². The van der Waals surface area contributed by atoms with E-state index >= 15 is 0 Å². The lowest BCUT2D eigenvalue weighted by Gasteiger charge is -2.18. The van der Waals surface area contributed by atoms with Crippen molar-refractivity contribution in [1.29, 1.82) is 0 Å². The number of rotatable bonds is 7. The Kier molecular flexibility index (Phi) is 6.90. The highest BCUT2D eigenvalue weighted by atomic mass is 35.5. The molecule has 0 saturated carbocycles. The maximum atomic E-state index is 11.5. The summed E-state index contributed by atoms with van der Waals surface area (Å²) in [5, 5.41) is -0.374. The second kappa shape index (κ2) is 7.93. The topological polar surface area (TPSA) is 26.3 Å². The van der Waals surface area contributed by atoms with Crippen LogP contribution in [0.25, 0.3) is 0 Å². The van der Waals surface area contributed by atoms with Gasteiger partial charge in [-0.1, -0.05) is 26.8 Å². The Morgan fingerprint density at radius 3 is 2.58 bits per heavy atom. The molecule has 0 radical (unpaired) electrons. The summed E-state index contributed by atoms with van der Waals surface area (Å²) in [5.41, 5.74) is 2.97. The largest absolute Gasteiger partial charge is 0.384 e. The summed E-state index contributed by atoms with van der Waals surface area (Å²) < 4.78 is 5.10. The van der Waals surface area contributed by atoms with Crippen molar-refractivity contribution in [2.24, 2.45) is 0 Å². The van der Waals surface area contributed by atoms with Gasteiger partial charge in [0.1, 0.15) is 0 Å². The van der Waals surface area contributed by atoms with Gasteiger partial charge in [0.15, 0.2) is 0 Å². The molecule has 0 N–H and O–H groups in total. The predicted molar refractivity (Wildman–Crippen MR) is 82.7 cm³/mol. The summed E-state index contributed by atoms with van der Waals surface area (Å²) in [6, 6.07) is 3.87. The molecule has 0 fully saturated rings. The van der Waals surface area contributed by atoms with Crippen molar-refractivity contribution in [3.05, 3.63) is 28.8 Å². The van der Waals surface area contributed by atoms with E-state index in [1.165, 1.54) is 10.5 Å². The van der Waals surface area contributed by atoms with Gasteiger partial charge in [0.2, 0.25) is 0 Å². The molecule has 0 aliphatic rings. The van der Waals surface area contributed by atoms with Crippen LogP contribution in [0.3, 0.4) is 0 Å². The fourth-order valence-electron chi connectivity index (χ4n) is 2.03. The molecule has 4 heteroatoms. The van der Waals surface area contributed by atoms with Crippen LogP contribution in [-0.2, 0) is 11.2 Å². The lowest BCUT2D eigenvalue weighted by atomic mass is 9.96. The molecular formula is C15H21ClO2S. The number of methoxy groups -OCH3 is 1. The third-order valence-electron chi connectivity index (χ3n) is 3.01. The summed E-state index contributed by atoms with van der Waals surface area (Å²) in [4.78, 5) is 12.7. The molecule has 0 aromatic heterocycles. The molecule has 0 bridgehead atoms. The number of thioether (sulfide) groups is 1. The number of carbonyl (C=O) groups is 1. The van der Waals surface area contributed by atoms with Gasteiger partial charge in [0, 0.05) is 23.3 Å². The highest BCUT2D eigenvalue weighted by Crippen LogP contribution is 2.34. The zero-order valence-corrected chi connectivity index (χ0v) is 13.5. The van der Waals surface area contributed by atoms with Crippen LogP contribution in [0.5, 0.6) is 0 Å². The van der Waals surface area contributed by atoms with E-state index in [0.717, 1.165) is 17.7 Å². The average molecular weight is 301 g/mol. The van der Waals surface area contributed by atoms with E-state index in [2.05, 4.69) is 20.8 Å². The fraction of sp³-hybridized carbons (Fsp3) is 0.533. The van der Waals surface area contributed by atoms with Crippen molar-refractivity contribution in [3.8, 4) is 0 Å². The number of hydrogen-bond donors (Lipinski definition) is 0. The lowest BCUT2D eigenvalue weighted by Crippen LogP contribution is -2.04. The van der Waals surface area contributed by atoms with Gasteiger partial charge < -0.3 is 4.74 Å². The van der Waals surface area contributed by atoms with Gasteiger partial charge >= 0.3 is 0 Å². The van der Waals surface area contributed by atoms with E-state index in [4.69, 9.17) is 16.3 Å². The van der Waals surface area contributed by atoms with E-state index in [9.17, 15) is 4.79 Å². The normalized spacial score (nSPS) is 11.1. The molecule has 1 aromatic rings. The molecule has 1 aromatic carbocycles. The Morgan fingerprint density at radius 1 is 1.42 bits per heavy atom. The maximum Gasteiger partial charge on any atom is 0.252 e. The van der Waals surface area contributed by atoms with Crippen molar-refractivity contribution in [3.63, 3.8) is 0 Å². The first-order chi connectivity index (χ1) is 9.02. The van der Waals surface area contributed by atoms with Crippen LogP contribution < -0.4 is 0 Å². The smallest absolute Gasteiger partial charge is 0.252 e. The van der Waals surface area contributed by atoms with Crippen molar-refractivity contribution < 1.29 is 9.53 Å². The fourth-order valence-corrected chi connectivity index (χ4v) is 3.56. The van der Waals surface area contributed by atoms with Gasteiger partial charge in [0.25, 0.3) is 5.24 Å². The second-order valence-electron chi connectivity index (χ2n) is 4.63. The minimum atomic E-state index is -0.374. The first-order valence-corrected chi connectivity index (χ1v) is 7.86. The van der Waals surface area contributed by atoms with Crippen molar-refractivity contribution in [2.75, 3.05) is 19.5 Å². The Hall–Kier alpha value is -0.510. The first kappa shape index (κ1) is 16.5. The Labute approximate surface area is 124 Å².